The minimum atomic E-state index is 0.0612. The van der Waals surface area contributed by atoms with Gasteiger partial charge in [-0.15, -0.1) is 0 Å². The van der Waals surface area contributed by atoms with Crippen LogP contribution in [0.4, 0.5) is 0 Å². The summed E-state index contributed by atoms with van der Waals surface area (Å²) in [6.07, 6.45) is 5.57. The molecule has 3 heteroatoms. The Labute approximate surface area is 131 Å². The molecule has 2 saturated carbocycles. The van der Waals surface area contributed by atoms with Crippen LogP contribution in [0.25, 0.3) is 10.9 Å². The Bertz CT molecular complexity index is 745. The number of rotatable bonds is 2. The van der Waals surface area contributed by atoms with E-state index in [9.17, 15) is 4.79 Å². The summed E-state index contributed by atoms with van der Waals surface area (Å²) in [5.41, 5.74) is 2.32. The summed E-state index contributed by atoms with van der Waals surface area (Å²) < 4.78 is 0. The van der Waals surface area contributed by atoms with Crippen molar-refractivity contribution in [2.24, 2.45) is 16.7 Å². The van der Waals surface area contributed by atoms with Crippen molar-refractivity contribution in [3.63, 3.8) is 0 Å². The highest BCUT2D eigenvalue weighted by Crippen LogP contribution is 2.65. The van der Waals surface area contributed by atoms with Gasteiger partial charge in [-0.2, -0.15) is 0 Å². The van der Waals surface area contributed by atoms with E-state index in [1.807, 2.05) is 30.5 Å². The maximum atomic E-state index is 12.7. The first kappa shape index (κ1) is 13.9. The number of aromatic nitrogens is 1. The Morgan fingerprint density at radius 3 is 2.77 bits per heavy atom. The Kier molecular flexibility index (Phi) is 2.76. The van der Waals surface area contributed by atoms with Crippen LogP contribution in [-0.4, -0.2) is 16.9 Å². The second kappa shape index (κ2) is 4.37. The molecule has 2 bridgehead atoms. The first-order valence-corrected chi connectivity index (χ1v) is 8.30. The van der Waals surface area contributed by atoms with E-state index in [4.69, 9.17) is 0 Å². The quantitative estimate of drug-likeness (QED) is 0.860. The third-order valence-corrected chi connectivity index (χ3v) is 6.92. The van der Waals surface area contributed by atoms with Gasteiger partial charge in [0.1, 0.15) is 0 Å². The van der Waals surface area contributed by atoms with Crippen LogP contribution >= 0.6 is 0 Å². The van der Waals surface area contributed by atoms with E-state index < -0.39 is 0 Å². The average molecular weight is 296 g/mol. The first-order valence-electron chi connectivity index (χ1n) is 8.30. The molecular formula is C19H24N2O. The lowest BCUT2D eigenvalue weighted by Crippen LogP contribution is -2.46. The predicted molar refractivity (Wildman–Crippen MR) is 88.8 cm³/mol. The Hall–Kier alpha value is -1.77. The van der Waals surface area contributed by atoms with Gasteiger partial charge in [0.15, 0.2) is 0 Å². The van der Waals surface area contributed by atoms with Gasteiger partial charge in [-0.3, -0.25) is 4.79 Å². The molecule has 2 aromatic rings. The predicted octanol–water partition coefficient (Wildman–Crippen LogP) is 4.11. The van der Waals surface area contributed by atoms with Gasteiger partial charge in [-0.25, -0.2) is 0 Å². The van der Waals surface area contributed by atoms with Crippen molar-refractivity contribution in [1.82, 2.24) is 10.3 Å². The molecule has 116 valence electrons. The normalized spacial score (nSPS) is 32.5. The molecule has 3 atom stereocenters. The fraction of sp³-hybridized carbons (Fsp3) is 0.526. The second-order valence-electron chi connectivity index (χ2n) is 7.92. The largest absolute Gasteiger partial charge is 0.361 e. The summed E-state index contributed by atoms with van der Waals surface area (Å²) in [5, 5.41) is 4.47. The van der Waals surface area contributed by atoms with E-state index in [0.29, 0.717) is 11.5 Å². The Morgan fingerprint density at radius 1 is 1.27 bits per heavy atom. The standard InChI is InChI=1S/C19H24N2O/c1-18(2)14-6-8-19(18,3)16(11-14)21-17(22)13-5-4-12-7-9-20-15(12)10-13/h4-5,7,9-10,14,16,20H,6,8,11H2,1-3H3,(H,21,22)/t14-,16+,19-/m0/s1. The van der Waals surface area contributed by atoms with Crippen molar-refractivity contribution in [3.05, 3.63) is 36.0 Å². The van der Waals surface area contributed by atoms with E-state index >= 15 is 0 Å². The van der Waals surface area contributed by atoms with Crippen molar-refractivity contribution in [3.8, 4) is 0 Å². The molecule has 2 aliphatic carbocycles. The fourth-order valence-electron chi connectivity index (χ4n) is 4.85. The molecule has 22 heavy (non-hydrogen) atoms. The minimum absolute atomic E-state index is 0.0612. The van der Waals surface area contributed by atoms with E-state index in [0.717, 1.165) is 28.8 Å². The smallest absolute Gasteiger partial charge is 0.251 e. The van der Waals surface area contributed by atoms with E-state index in [2.05, 4.69) is 31.1 Å². The van der Waals surface area contributed by atoms with Crippen LogP contribution in [0.3, 0.4) is 0 Å². The number of carbonyl (C=O) groups excluding carboxylic acids is 1. The van der Waals surface area contributed by atoms with Crippen LogP contribution in [0.5, 0.6) is 0 Å². The van der Waals surface area contributed by atoms with E-state index in [-0.39, 0.29) is 11.3 Å². The molecule has 3 nitrogen and oxygen atoms in total. The highest BCUT2D eigenvalue weighted by molar-refractivity contribution is 5.98. The molecule has 1 amide bonds. The summed E-state index contributed by atoms with van der Waals surface area (Å²) in [6, 6.07) is 8.20. The second-order valence-corrected chi connectivity index (χ2v) is 7.92. The van der Waals surface area contributed by atoms with Gasteiger partial charge < -0.3 is 10.3 Å². The van der Waals surface area contributed by atoms with Crippen molar-refractivity contribution < 1.29 is 4.79 Å². The van der Waals surface area contributed by atoms with Gasteiger partial charge in [-0.1, -0.05) is 26.8 Å². The lowest BCUT2D eigenvalue weighted by molar-refractivity contribution is 0.0826. The number of amides is 1. The van der Waals surface area contributed by atoms with Crippen LogP contribution in [-0.2, 0) is 0 Å². The van der Waals surface area contributed by atoms with Crippen molar-refractivity contribution >= 4 is 16.8 Å². The van der Waals surface area contributed by atoms with Gasteiger partial charge in [0.05, 0.1) is 0 Å². The zero-order chi connectivity index (χ0) is 15.5. The third kappa shape index (κ3) is 1.71. The summed E-state index contributed by atoms with van der Waals surface area (Å²) in [5.74, 6) is 0.805. The molecule has 0 saturated heterocycles. The summed E-state index contributed by atoms with van der Waals surface area (Å²) in [4.78, 5) is 15.8. The molecule has 1 heterocycles. The topological polar surface area (TPSA) is 44.9 Å². The van der Waals surface area contributed by atoms with Gasteiger partial charge in [0, 0.05) is 23.3 Å². The lowest BCUT2D eigenvalue weighted by atomic mass is 9.69. The average Bonchev–Trinajstić information content (AvgIpc) is 3.08. The van der Waals surface area contributed by atoms with Crippen LogP contribution in [0.15, 0.2) is 30.5 Å². The number of H-pyrrole nitrogens is 1. The van der Waals surface area contributed by atoms with E-state index in [1.165, 1.54) is 12.8 Å². The fourth-order valence-corrected chi connectivity index (χ4v) is 4.85. The number of nitrogens with one attached hydrogen (secondary N) is 2. The monoisotopic (exact) mass is 296 g/mol. The van der Waals surface area contributed by atoms with Gasteiger partial charge in [-0.05, 0) is 59.6 Å². The molecule has 1 aromatic heterocycles. The molecule has 4 rings (SSSR count). The van der Waals surface area contributed by atoms with Crippen molar-refractivity contribution in [2.75, 3.05) is 0 Å². The van der Waals surface area contributed by atoms with Crippen LogP contribution in [0.2, 0.25) is 0 Å². The molecule has 2 fully saturated rings. The number of aromatic amines is 1. The summed E-state index contributed by atoms with van der Waals surface area (Å²) in [6.45, 7) is 7.11. The molecule has 1 aromatic carbocycles. The van der Waals surface area contributed by atoms with Crippen LogP contribution in [0.1, 0.15) is 50.4 Å². The summed E-state index contributed by atoms with van der Waals surface area (Å²) >= 11 is 0. The molecule has 2 aliphatic rings. The van der Waals surface area contributed by atoms with Crippen LogP contribution < -0.4 is 5.32 Å². The maximum absolute atomic E-state index is 12.7. The Balaban J connectivity index is 1.58. The van der Waals surface area contributed by atoms with Gasteiger partial charge in [0.25, 0.3) is 5.91 Å². The van der Waals surface area contributed by atoms with E-state index in [1.54, 1.807) is 0 Å². The number of hydrogen-bond acceptors (Lipinski definition) is 1. The number of hydrogen-bond donors (Lipinski definition) is 2. The van der Waals surface area contributed by atoms with Crippen LogP contribution in [0, 0.1) is 16.7 Å². The molecule has 0 unspecified atom stereocenters. The molecule has 0 radical (unpaired) electrons. The highest BCUT2D eigenvalue weighted by atomic mass is 16.1. The zero-order valence-electron chi connectivity index (χ0n) is 13.6. The minimum Gasteiger partial charge on any atom is -0.361 e. The van der Waals surface area contributed by atoms with Gasteiger partial charge in [0.2, 0.25) is 0 Å². The molecule has 0 aliphatic heterocycles. The first-order chi connectivity index (χ1) is 10.4. The SMILES string of the molecule is CC1(C)[C@H]2CC[C@@]1(C)[C@H](NC(=O)c1ccc3cc[nH]c3c1)C2. The summed E-state index contributed by atoms with van der Waals surface area (Å²) in [7, 11) is 0. The molecule has 2 N–H and O–H groups in total. The number of carbonyl (C=O) groups is 1. The molecular weight excluding hydrogens is 272 g/mol. The van der Waals surface area contributed by atoms with Crippen molar-refractivity contribution in [1.29, 1.82) is 0 Å². The zero-order valence-corrected chi connectivity index (χ0v) is 13.6. The lowest BCUT2D eigenvalue weighted by Gasteiger charge is -2.39. The highest BCUT2D eigenvalue weighted by Gasteiger charge is 2.61. The maximum Gasteiger partial charge on any atom is 0.251 e. The number of benzene rings is 1. The Morgan fingerprint density at radius 2 is 2.09 bits per heavy atom. The third-order valence-electron chi connectivity index (χ3n) is 6.92. The van der Waals surface area contributed by atoms with Crippen molar-refractivity contribution in [2.45, 2.75) is 46.1 Å². The van der Waals surface area contributed by atoms with Gasteiger partial charge >= 0.3 is 0 Å². The molecule has 0 spiro atoms. The number of fused-ring (bicyclic) bond motifs is 3.